The van der Waals surface area contributed by atoms with Gasteiger partial charge >= 0.3 is 5.97 Å². The van der Waals surface area contributed by atoms with Crippen molar-refractivity contribution in [1.29, 1.82) is 0 Å². The first-order valence-electron chi connectivity index (χ1n) is 20.2. The van der Waals surface area contributed by atoms with Crippen LogP contribution in [0.5, 0.6) is 0 Å². The number of aliphatic hydroxyl groups is 1. The van der Waals surface area contributed by atoms with Gasteiger partial charge in [-0.1, -0.05) is 67.0 Å². The largest absolute Gasteiger partial charge is 0.465 e. The Morgan fingerprint density at radius 3 is 2.21 bits per heavy atom. The summed E-state index contributed by atoms with van der Waals surface area (Å²) in [4.78, 5) is 39.3. The minimum atomic E-state index is -0.533. The summed E-state index contributed by atoms with van der Waals surface area (Å²) in [6.45, 7) is 17.0. The lowest BCUT2D eigenvalue weighted by atomic mass is 9.32. The van der Waals surface area contributed by atoms with Crippen molar-refractivity contribution in [3.05, 3.63) is 70.5 Å². The van der Waals surface area contributed by atoms with E-state index in [1.807, 2.05) is 0 Å². The zero-order chi connectivity index (χ0) is 38.6. The van der Waals surface area contributed by atoms with Crippen LogP contribution < -0.4 is 10.6 Å². The number of hydrogen-bond donors (Lipinski definition) is 3. The maximum Gasteiger partial charge on any atom is 0.337 e. The number of benzene rings is 2. The lowest BCUT2D eigenvalue weighted by molar-refractivity contribution is -0.246. The molecule has 4 aliphatic rings. The second-order valence-corrected chi connectivity index (χ2v) is 18.6. The summed E-state index contributed by atoms with van der Waals surface area (Å²) in [5.74, 6) is 0.476. The number of amides is 2. The van der Waals surface area contributed by atoms with Gasteiger partial charge in [-0.25, -0.2) is 9.18 Å². The van der Waals surface area contributed by atoms with Crippen molar-refractivity contribution in [2.75, 3.05) is 7.11 Å². The third kappa shape index (κ3) is 6.42. The van der Waals surface area contributed by atoms with Gasteiger partial charge in [0.25, 0.3) is 5.91 Å². The molecule has 4 aliphatic carbocycles. The molecule has 6 rings (SSSR count). The summed E-state index contributed by atoms with van der Waals surface area (Å²) < 4.78 is 19.9. The highest BCUT2D eigenvalue weighted by molar-refractivity contribution is 5.94. The summed E-state index contributed by atoms with van der Waals surface area (Å²) >= 11 is 0. The molecule has 8 unspecified atom stereocenters. The SMILES string of the molecule is CCCC1(C(=O)NCc2cc(C(=O)NCc3ccc(C(=O)OC)cc3)ccc2F)CC[C@]2(C)C(CCC3C4(C)CCC(O)C(C)(C)C4CCC32C)C1C. The lowest BCUT2D eigenvalue weighted by Crippen LogP contribution is -2.67. The van der Waals surface area contributed by atoms with E-state index in [4.69, 9.17) is 4.74 Å². The highest BCUT2D eigenvalue weighted by atomic mass is 19.1. The van der Waals surface area contributed by atoms with E-state index in [0.29, 0.717) is 28.9 Å². The maximum absolute atomic E-state index is 15.2. The molecule has 0 radical (unpaired) electrons. The Bertz CT molecular complexity index is 1710. The predicted molar refractivity (Wildman–Crippen MR) is 205 cm³/mol. The Labute approximate surface area is 316 Å². The summed E-state index contributed by atoms with van der Waals surface area (Å²) in [5.41, 5.74) is 1.70. The van der Waals surface area contributed by atoms with Crippen LogP contribution in [0.1, 0.15) is 145 Å². The maximum atomic E-state index is 15.2. The highest BCUT2D eigenvalue weighted by Crippen LogP contribution is 2.75. The van der Waals surface area contributed by atoms with Crippen LogP contribution in [0.15, 0.2) is 42.5 Å². The van der Waals surface area contributed by atoms with E-state index < -0.39 is 17.2 Å². The van der Waals surface area contributed by atoms with Gasteiger partial charge in [0.1, 0.15) is 5.82 Å². The van der Waals surface area contributed by atoms with Gasteiger partial charge in [0.2, 0.25) is 5.91 Å². The Morgan fingerprint density at radius 1 is 0.830 bits per heavy atom. The summed E-state index contributed by atoms with van der Waals surface area (Å²) in [7, 11) is 1.33. The Kier molecular flexibility index (Phi) is 10.7. The predicted octanol–water partition coefficient (Wildman–Crippen LogP) is 9.01. The van der Waals surface area contributed by atoms with Gasteiger partial charge in [-0.15, -0.1) is 0 Å². The van der Waals surface area contributed by atoms with E-state index in [9.17, 15) is 19.5 Å². The molecule has 0 heterocycles. The topological polar surface area (TPSA) is 105 Å². The second kappa shape index (κ2) is 14.4. The first-order valence-corrected chi connectivity index (χ1v) is 20.2. The molecule has 0 spiro atoms. The average molecular weight is 731 g/mol. The first-order chi connectivity index (χ1) is 25.0. The van der Waals surface area contributed by atoms with Crippen molar-refractivity contribution < 1.29 is 28.6 Å². The number of methoxy groups -OCH3 is 1. The van der Waals surface area contributed by atoms with E-state index >= 15 is 4.39 Å². The standard InChI is InChI=1S/C45H63FN2O5/c1-9-20-45(40(52)48-27-32-25-31(14-16-34(32)46)38(50)47-26-29-10-12-30(13-11-29)39(51)53-8)24-23-43(6)33(28(45)2)15-17-36-42(5)21-19-37(49)41(3,4)35(42)18-22-44(36,43)7/h10-14,16,25,28,33,35-37,49H,9,15,17-24,26-27H2,1-8H3,(H,47,50)(H,48,52)/t28?,33?,35?,36?,37?,42?,43-,44?,45?/m1/s1. The summed E-state index contributed by atoms with van der Waals surface area (Å²) in [6.07, 6.45) is 9.85. The van der Waals surface area contributed by atoms with Gasteiger partial charge in [0, 0.05) is 24.2 Å². The zero-order valence-corrected chi connectivity index (χ0v) is 33.4. The summed E-state index contributed by atoms with van der Waals surface area (Å²) in [5, 5.41) is 17.1. The number of carbonyl (C=O) groups is 3. The quantitative estimate of drug-likeness (QED) is 0.224. The molecule has 3 N–H and O–H groups in total. The fraction of sp³-hybridized carbons (Fsp3) is 0.667. The molecular formula is C45H63FN2O5. The third-order valence-corrected chi connectivity index (χ3v) is 16.2. The van der Waals surface area contributed by atoms with Crippen LogP contribution in [0.3, 0.4) is 0 Å². The number of fused-ring (bicyclic) bond motifs is 5. The van der Waals surface area contributed by atoms with Crippen molar-refractivity contribution in [1.82, 2.24) is 10.6 Å². The Balaban J connectivity index is 1.15. The lowest BCUT2D eigenvalue weighted by Gasteiger charge is -2.72. The van der Waals surface area contributed by atoms with Gasteiger partial charge in [-0.05, 0) is 139 Å². The van der Waals surface area contributed by atoms with Crippen molar-refractivity contribution in [2.24, 2.45) is 50.7 Å². The molecule has 7 nitrogen and oxygen atoms in total. The minimum absolute atomic E-state index is 0.00419. The van der Waals surface area contributed by atoms with Gasteiger partial charge in [-0.3, -0.25) is 9.59 Å². The molecule has 9 atom stereocenters. The molecule has 53 heavy (non-hydrogen) atoms. The molecule has 0 saturated heterocycles. The molecule has 2 aromatic rings. The smallest absolute Gasteiger partial charge is 0.337 e. The monoisotopic (exact) mass is 730 g/mol. The molecule has 290 valence electrons. The van der Waals surface area contributed by atoms with Gasteiger partial charge in [0.15, 0.2) is 0 Å². The molecule has 4 saturated carbocycles. The fourth-order valence-corrected chi connectivity index (χ4v) is 12.9. The van der Waals surface area contributed by atoms with Crippen molar-refractivity contribution in [3.8, 4) is 0 Å². The third-order valence-electron chi connectivity index (χ3n) is 16.2. The number of halogens is 1. The van der Waals surface area contributed by atoms with Crippen LogP contribution in [0.25, 0.3) is 0 Å². The zero-order valence-electron chi connectivity index (χ0n) is 33.4. The van der Waals surface area contributed by atoms with Crippen LogP contribution in [0.2, 0.25) is 0 Å². The van der Waals surface area contributed by atoms with Crippen molar-refractivity contribution >= 4 is 17.8 Å². The minimum Gasteiger partial charge on any atom is -0.465 e. The van der Waals surface area contributed by atoms with E-state index in [2.05, 4.69) is 59.1 Å². The van der Waals surface area contributed by atoms with Crippen molar-refractivity contribution in [2.45, 2.75) is 132 Å². The summed E-state index contributed by atoms with van der Waals surface area (Å²) in [6, 6.07) is 11.1. The number of ether oxygens (including phenoxy) is 1. The van der Waals surface area contributed by atoms with Crippen LogP contribution in [0.4, 0.5) is 4.39 Å². The second-order valence-electron chi connectivity index (χ2n) is 18.6. The highest BCUT2D eigenvalue weighted by Gasteiger charge is 2.69. The number of carbonyl (C=O) groups excluding carboxylic acids is 3. The molecule has 8 heteroatoms. The number of aliphatic hydroxyl groups excluding tert-OH is 1. The Morgan fingerprint density at radius 2 is 1.53 bits per heavy atom. The molecule has 2 amide bonds. The van der Waals surface area contributed by atoms with Gasteiger partial charge in [0.05, 0.1) is 24.2 Å². The van der Waals surface area contributed by atoms with Crippen LogP contribution >= 0.6 is 0 Å². The average Bonchev–Trinajstić information content (AvgIpc) is 3.13. The number of nitrogens with one attached hydrogen (secondary N) is 2. The van der Waals surface area contributed by atoms with Crippen molar-refractivity contribution in [3.63, 3.8) is 0 Å². The normalized spacial score (nSPS) is 35.9. The van der Waals surface area contributed by atoms with E-state index in [0.717, 1.165) is 56.9 Å². The molecule has 0 bridgehead atoms. The first kappa shape index (κ1) is 39.4. The van der Waals surface area contributed by atoms with Crippen LogP contribution in [-0.2, 0) is 22.6 Å². The molecule has 0 aliphatic heterocycles. The van der Waals surface area contributed by atoms with E-state index in [1.165, 1.54) is 38.2 Å². The van der Waals surface area contributed by atoms with Gasteiger partial charge < -0.3 is 20.5 Å². The number of rotatable bonds is 9. The Hall–Kier alpha value is -3.26. The molecule has 4 fully saturated rings. The van der Waals surface area contributed by atoms with Gasteiger partial charge in [-0.2, -0.15) is 0 Å². The number of hydrogen-bond acceptors (Lipinski definition) is 5. The van der Waals surface area contributed by atoms with E-state index in [1.54, 1.807) is 24.3 Å². The number of esters is 1. The van der Waals surface area contributed by atoms with Crippen LogP contribution in [0, 0.1) is 56.6 Å². The molecular weight excluding hydrogens is 668 g/mol. The molecule has 0 aromatic heterocycles. The van der Waals surface area contributed by atoms with Crippen LogP contribution in [-0.4, -0.2) is 36.1 Å². The molecule has 2 aromatic carbocycles. The fourth-order valence-electron chi connectivity index (χ4n) is 12.9. The van der Waals surface area contributed by atoms with E-state index in [-0.39, 0.29) is 64.1 Å².